The minimum atomic E-state index is 0.451. The first-order valence-electron chi connectivity index (χ1n) is 5.72. The first-order chi connectivity index (χ1) is 8.70. The van der Waals surface area contributed by atoms with E-state index in [1.54, 1.807) is 0 Å². The maximum Gasteiger partial charge on any atom is 0.127 e. The summed E-state index contributed by atoms with van der Waals surface area (Å²) in [5.41, 5.74) is 3.15. The van der Waals surface area contributed by atoms with Crippen LogP contribution in [0.5, 0.6) is 5.75 Å². The molecular weight excluding hydrogens is 267 g/mol. The molecule has 0 N–H and O–H groups in total. The molecule has 94 valence electrons. The van der Waals surface area contributed by atoms with E-state index in [0.717, 1.165) is 27.5 Å². The van der Waals surface area contributed by atoms with Gasteiger partial charge in [0.25, 0.3) is 0 Å². The molecule has 0 spiro atoms. The smallest absolute Gasteiger partial charge is 0.127 e. The van der Waals surface area contributed by atoms with Crippen molar-refractivity contribution in [2.45, 2.75) is 19.4 Å². The molecule has 0 heterocycles. The minimum Gasteiger partial charge on any atom is -0.488 e. The number of aryl methyl sites for hydroxylation is 1. The number of rotatable bonds is 4. The molecule has 0 bridgehead atoms. The molecule has 3 heteroatoms. The molecule has 1 nitrogen and oxygen atoms in total. The second kappa shape index (κ2) is 6.12. The molecule has 0 unspecified atom stereocenters. The van der Waals surface area contributed by atoms with Crippen LogP contribution in [-0.2, 0) is 12.5 Å². The van der Waals surface area contributed by atoms with Gasteiger partial charge in [-0.2, -0.15) is 0 Å². The Balaban J connectivity index is 2.15. The number of hydrogen-bond donors (Lipinski definition) is 0. The molecule has 0 aliphatic rings. The van der Waals surface area contributed by atoms with Crippen LogP contribution in [0.15, 0.2) is 42.5 Å². The van der Waals surface area contributed by atoms with Crippen LogP contribution < -0.4 is 4.74 Å². The van der Waals surface area contributed by atoms with Crippen molar-refractivity contribution in [3.05, 3.63) is 64.2 Å². The second-order valence-corrected chi connectivity index (χ2v) is 4.82. The van der Waals surface area contributed by atoms with Gasteiger partial charge in [0.05, 0.1) is 5.88 Å². The molecule has 2 aromatic carbocycles. The van der Waals surface area contributed by atoms with E-state index in [1.165, 1.54) is 0 Å². The number of para-hydroxylation sites is 1. The lowest BCUT2D eigenvalue weighted by Gasteiger charge is -2.12. The van der Waals surface area contributed by atoms with E-state index in [2.05, 4.69) is 0 Å². The van der Waals surface area contributed by atoms with E-state index >= 15 is 0 Å². The molecule has 0 atom stereocenters. The maximum atomic E-state index is 5.94. The van der Waals surface area contributed by atoms with Gasteiger partial charge in [0.15, 0.2) is 0 Å². The van der Waals surface area contributed by atoms with Gasteiger partial charge in [-0.25, -0.2) is 0 Å². The van der Waals surface area contributed by atoms with Gasteiger partial charge in [0, 0.05) is 10.6 Å². The van der Waals surface area contributed by atoms with Crippen molar-refractivity contribution in [2.24, 2.45) is 0 Å². The Morgan fingerprint density at radius 3 is 2.61 bits per heavy atom. The zero-order chi connectivity index (χ0) is 13.0. The molecule has 0 aliphatic carbocycles. The zero-order valence-electron chi connectivity index (χ0n) is 10.1. The lowest BCUT2D eigenvalue weighted by molar-refractivity contribution is 0.301. The molecule has 0 fully saturated rings. The summed E-state index contributed by atoms with van der Waals surface area (Å²) in [6.45, 7) is 2.51. The summed E-state index contributed by atoms with van der Waals surface area (Å²) in [6.07, 6.45) is 0. The molecule has 0 radical (unpaired) electrons. The number of halogens is 2. The van der Waals surface area contributed by atoms with E-state index in [-0.39, 0.29) is 0 Å². The number of benzene rings is 2. The van der Waals surface area contributed by atoms with Crippen LogP contribution >= 0.6 is 23.2 Å². The fourth-order valence-corrected chi connectivity index (χ4v) is 2.23. The Bertz CT molecular complexity index is 538. The number of alkyl halides is 1. The predicted octanol–water partition coefficient (Wildman–Crippen LogP) is 4.97. The third-order valence-electron chi connectivity index (χ3n) is 2.71. The average molecular weight is 281 g/mol. The molecule has 2 rings (SSSR count). The summed E-state index contributed by atoms with van der Waals surface area (Å²) in [5.74, 6) is 1.32. The van der Waals surface area contributed by atoms with Gasteiger partial charge in [0.1, 0.15) is 12.4 Å². The molecule has 2 aromatic rings. The first-order valence-corrected chi connectivity index (χ1v) is 6.63. The van der Waals surface area contributed by atoms with E-state index in [9.17, 15) is 0 Å². The van der Waals surface area contributed by atoms with Gasteiger partial charge in [-0.15, -0.1) is 11.6 Å². The van der Waals surface area contributed by atoms with Crippen molar-refractivity contribution >= 4 is 23.2 Å². The van der Waals surface area contributed by atoms with Gasteiger partial charge in [-0.1, -0.05) is 41.9 Å². The molecule has 0 aromatic heterocycles. The van der Waals surface area contributed by atoms with Crippen LogP contribution in [0.3, 0.4) is 0 Å². The van der Waals surface area contributed by atoms with Gasteiger partial charge >= 0.3 is 0 Å². The highest BCUT2D eigenvalue weighted by Gasteiger charge is 2.06. The van der Waals surface area contributed by atoms with Crippen molar-refractivity contribution in [3.8, 4) is 5.75 Å². The highest BCUT2D eigenvalue weighted by atomic mass is 35.5. The Hall–Kier alpha value is -1.18. The van der Waals surface area contributed by atoms with E-state index in [4.69, 9.17) is 27.9 Å². The van der Waals surface area contributed by atoms with Gasteiger partial charge < -0.3 is 4.74 Å². The average Bonchev–Trinajstić information content (AvgIpc) is 2.37. The molecule has 0 aliphatic heterocycles. The number of ether oxygens (including phenoxy) is 1. The van der Waals surface area contributed by atoms with Crippen LogP contribution in [0.25, 0.3) is 0 Å². The molecule has 0 saturated heterocycles. The largest absolute Gasteiger partial charge is 0.488 e. The maximum absolute atomic E-state index is 5.94. The quantitative estimate of drug-likeness (QED) is 0.719. The number of hydrogen-bond acceptors (Lipinski definition) is 1. The lowest BCUT2D eigenvalue weighted by Crippen LogP contribution is -1.99. The van der Waals surface area contributed by atoms with Crippen molar-refractivity contribution in [2.75, 3.05) is 0 Å². The topological polar surface area (TPSA) is 9.23 Å². The van der Waals surface area contributed by atoms with Crippen molar-refractivity contribution in [3.63, 3.8) is 0 Å². The van der Waals surface area contributed by atoms with Gasteiger partial charge in [-0.05, 0) is 30.2 Å². The fraction of sp³-hybridized carbons (Fsp3) is 0.200. The Morgan fingerprint density at radius 1 is 1.11 bits per heavy atom. The highest BCUT2D eigenvalue weighted by molar-refractivity contribution is 6.30. The fourth-order valence-electron chi connectivity index (χ4n) is 1.81. The second-order valence-electron chi connectivity index (χ2n) is 4.12. The zero-order valence-corrected chi connectivity index (χ0v) is 11.6. The van der Waals surface area contributed by atoms with Crippen LogP contribution in [0, 0.1) is 6.92 Å². The SMILES string of the molecule is Cc1cccc(CCl)c1OCc1cccc(Cl)c1. The van der Waals surface area contributed by atoms with Crippen LogP contribution in [0.4, 0.5) is 0 Å². The summed E-state index contributed by atoms with van der Waals surface area (Å²) in [5, 5.41) is 0.721. The Kier molecular flexibility index (Phi) is 4.51. The van der Waals surface area contributed by atoms with E-state index in [1.807, 2.05) is 49.4 Å². The monoisotopic (exact) mass is 280 g/mol. The minimum absolute atomic E-state index is 0.451. The van der Waals surface area contributed by atoms with E-state index in [0.29, 0.717) is 12.5 Å². The highest BCUT2D eigenvalue weighted by Crippen LogP contribution is 2.26. The summed E-state index contributed by atoms with van der Waals surface area (Å²) in [7, 11) is 0. The molecule has 18 heavy (non-hydrogen) atoms. The Morgan fingerprint density at radius 2 is 1.89 bits per heavy atom. The normalized spacial score (nSPS) is 10.4. The lowest BCUT2D eigenvalue weighted by atomic mass is 10.1. The van der Waals surface area contributed by atoms with E-state index < -0.39 is 0 Å². The summed E-state index contributed by atoms with van der Waals surface area (Å²) in [6, 6.07) is 13.6. The van der Waals surface area contributed by atoms with Crippen molar-refractivity contribution < 1.29 is 4.74 Å². The van der Waals surface area contributed by atoms with Crippen LogP contribution in [-0.4, -0.2) is 0 Å². The summed E-state index contributed by atoms with van der Waals surface area (Å²) < 4.78 is 5.86. The van der Waals surface area contributed by atoms with Gasteiger partial charge in [-0.3, -0.25) is 0 Å². The Labute approximate surface area is 117 Å². The summed E-state index contributed by atoms with van der Waals surface area (Å²) >= 11 is 11.8. The molecule has 0 saturated carbocycles. The van der Waals surface area contributed by atoms with Gasteiger partial charge in [0.2, 0.25) is 0 Å². The van der Waals surface area contributed by atoms with Crippen LogP contribution in [0.1, 0.15) is 16.7 Å². The van der Waals surface area contributed by atoms with Crippen LogP contribution in [0.2, 0.25) is 5.02 Å². The predicted molar refractivity (Wildman–Crippen MR) is 76.5 cm³/mol. The van der Waals surface area contributed by atoms with Crippen molar-refractivity contribution in [1.82, 2.24) is 0 Å². The summed E-state index contributed by atoms with van der Waals surface area (Å²) in [4.78, 5) is 0. The van der Waals surface area contributed by atoms with Crippen molar-refractivity contribution in [1.29, 1.82) is 0 Å². The third kappa shape index (κ3) is 3.18. The standard InChI is InChI=1S/C15H14Cl2O/c1-11-4-2-6-13(9-16)15(11)18-10-12-5-3-7-14(17)8-12/h2-8H,9-10H2,1H3. The first kappa shape index (κ1) is 13.3. The molecule has 0 amide bonds. The third-order valence-corrected chi connectivity index (χ3v) is 3.23. The molecular formula is C15H14Cl2O.